The number of nitrogens with one attached hydrogen (secondary N) is 1. The summed E-state index contributed by atoms with van der Waals surface area (Å²) in [5.74, 6) is 4.93. The smallest absolute Gasteiger partial charge is 0.301 e. The average Bonchev–Trinajstić information content (AvgIpc) is 2.85. The monoisotopic (exact) mass is 293 g/mol. The summed E-state index contributed by atoms with van der Waals surface area (Å²) in [7, 11) is 1.96. The van der Waals surface area contributed by atoms with Gasteiger partial charge in [-0.25, -0.2) is 5.84 Å². The van der Waals surface area contributed by atoms with Crippen molar-refractivity contribution in [1.29, 1.82) is 0 Å². The fraction of sp³-hybridized carbons (Fsp3) is 0.214. The van der Waals surface area contributed by atoms with Crippen molar-refractivity contribution in [3.8, 4) is 0 Å². The van der Waals surface area contributed by atoms with Crippen LogP contribution in [0.4, 0.5) is 0 Å². The first kappa shape index (κ1) is 14.6. The van der Waals surface area contributed by atoms with E-state index in [0.717, 1.165) is 17.7 Å². The maximum atomic E-state index is 11.5. The molecule has 0 aliphatic rings. The molecule has 0 fully saturated rings. The molecule has 0 saturated heterocycles. The zero-order valence-electron chi connectivity index (χ0n) is 11.1. The molecule has 2 aromatic rings. The van der Waals surface area contributed by atoms with Gasteiger partial charge in [0.1, 0.15) is 0 Å². The van der Waals surface area contributed by atoms with Crippen LogP contribution < -0.4 is 11.3 Å². The molecular formula is C14H16ClN3O2. The molecule has 5 nitrogen and oxygen atoms in total. The number of furan rings is 1. The van der Waals surface area contributed by atoms with E-state index in [-0.39, 0.29) is 5.76 Å². The fourth-order valence-electron chi connectivity index (χ4n) is 2.02. The lowest BCUT2D eigenvalue weighted by atomic mass is 10.2. The normalized spacial score (nSPS) is 10.8. The maximum absolute atomic E-state index is 11.5. The predicted molar refractivity (Wildman–Crippen MR) is 77.0 cm³/mol. The Balaban J connectivity index is 2.03. The Kier molecular flexibility index (Phi) is 4.79. The zero-order valence-corrected chi connectivity index (χ0v) is 11.9. The van der Waals surface area contributed by atoms with Crippen LogP contribution in [0.1, 0.15) is 21.7 Å². The van der Waals surface area contributed by atoms with Crippen LogP contribution in [0.15, 0.2) is 41.0 Å². The summed E-state index contributed by atoms with van der Waals surface area (Å²) in [5, 5.41) is 0.711. The third-order valence-corrected chi connectivity index (χ3v) is 3.10. The summed E-state index contributed by atoms with van der Waals surface area (Å²) in [6.07, 6.45) is 1.48. The summed E-state index contributed by atoms with van der Waals surface area (Å²) < 4.78 is 5.15. The third kappa shape index (κ3) is 3.60. The van der Waals surface area contributed by atoms with E-state index in [1.165, 1.54) is 6.26 Å². The molecule has 1 aromatic carbocycles. The molecule has 0 spiro atoms. The van der Waals surface area contributed by atoms with Crippen LogP contribution in [0.3, 0.4) is 0 Å². The summed E-state index contributed by atoms with van der Waals surface area (Å²) in [6, 6.07) is 9.44. The number of amides is 1. The molecule has 0 bridgehead atoms. The van der Waals surface area contributed by atoms with E-state index in [1.807, 2.05) is 31.3 Å². The van der Waals surface area contributed by atoms with Crippen molar-refractivity contribution in [1.82, 2.24) is 10.3 Å². The highest BCUT2D eigenvalue weighted by Crippen LogP contribution is 2.16. The molecule has 20 heavy (non-hydrogen) atoms. The van der Waals surface area contributed by atoms with Crippen LogP contribution in [0.5, 0.6) is 0 Å². The van der Waals surface area contributed by atoms with Crippen molar-refractivity contribution in [2.45, 2.75) is 13.1 Å². The number of nitrogens with zero attached hydrogens (tertiary/aromatic N) is 1. The second-order valence-electron chi connectivity index (χ2n) is 4.55. The van der Waals surface area contributed by atoms with Gasteiger partial charge >= 0.3 is 5.91 Å². The minimum absolute atomic E-state index is 0.241. The van der Waals surface area contributed by atoms with Crippen molar-refractivity contribution in [2.75, 3.05) is 7.05 Å². The van der Waals surface area contributed by atoms with Crippen LogP contribution in [0, 0.1) is 0 Å². The van der Waals surface area contributed by atoms with Crippen LogP contribution in [0.2, 0.25) is 5.02 Å². The highest BCUT2D eigenvalue weighted by atomic mass is 35.5. The van der Waals surface area contributed by atoms with Gasteiger partial charge in [-0.15, -0.1) is 0 Å². The fourth-order valence-corrected chi connectivity index (χ4v) is 2.23. The number of nitrogen functional groups attached to an aromatic ring is 1. The molecule has 0 aliphatic heterocycles. The highest BCUT2D eigenvalue weighted by molar-refractivity contribution is 6.30. The van der Waals surface area contributed by atoms with Crippen molar-refractivity contribution in [3.05, 3.63) is 58.5 Å². The number of hydrazine groups is 1. The SMILES string of the molecule is CN(Cc1cccc(Cl)c1)Cc1ccoc1C(=O)NN. The van der Waals surface area contributed by atoms with E-state index in [4.69, 9.17) is 21.9 Å². The molecule has 0 atom stereocenters. The van der Waals surface area contributed by atoms with Gasteiger partial charge in [0.2, 0.25) is 0 Å². The first-order valence-corrected chi connectivity index (χ1v) is 6.48. The average molecular weight is 294 g/mol. The van der Waals surface area contributed by atoms with E-state index >= 15 is 0 Å². The molecule has 106 valence electrons. The Hall–Kier alpha value is -1.82. The zero-order chi connectivity index (χ0) is 14.5. The number of carbonyl (C=O) groups excluding carboxylic acids is 1. The molecule has 6 heteroatoms. The molecule has 0 aliphatic carbocycles. The van der Waals surface area contributed by atoms with Gasteiger partial charge in [-0.3, -0.25) is 15.1 Å². The Bertz CT molecular complexity index is 598. The largest absolute Gasteiger partial charge is 0.459 e. The minimum Gasteiger partial charge on any atom is -0.459 e. The van der Waals surface area contributed by atoms with Gasteiger partial charge in [0.05, 0.1) is 6.26 Å². The number of hydrogen-bond acceptors (Lipinski definition) is 4. The molecule has 2 rings (SSSR count). The predicted octanol–water partition coefficient (Wildman–Crippen LogP) is 2.17. The molecule has 1 aromatic heterocycles. The van der Waals surface area contributed by atoms with Crippen LogP contribution >= 0.6 is 11.6 Å². The number of hydrogen-bond donors (Lipinski definition) is 2. The lowest BCUT2D eigenvalue weighted by Crippen LogP contribution is -2.31. The first-order valence-electron chi connectivity index (χ1n) is 6.10. The van der Waals surface area contributed by atoms with Crippen LogP contribution in [0.25, 0.3) is 0 Å². The molecule has 0 radical (unpaired) electrons. The molecule has 1 amide bonds. The van der Waals surface area contributed by atoms with E-state index in [9.17, 15) is 4.79 Å². The minimum atomic E-state index is -0.429. The second-order valence-corrected chi connectivity index (χ2v) is 4.99. The lowest BCUT2D eigenvalue weighted by molar-refractivity contribution is 0.0923. The van der Waals surface area contributed by atoms with E-state index in [2.05, 4.69) is 10.3 Å². The van der Waals surface area contributed by atoms with Gasteiger partial charge in [0.15, 0.2) is 5.76 Å². The Morgan fingerprint density at radius 2 is 2.20 bits per heavy atom. The standard InChI is InChI=1S/C14H16ClN3O2/c1-18(8-10-3-2-4-12(15)7-10)9-11-5-6-20-13(11)14(19)17-16/h2-7H,8-9,16H2,1H3,(H,17,19). The number of benzene rings is 1. The van der Waals surface area contributed by atoms with Crippen LogP contribution in [-0.2, 0) is 13.1 Å². The van der Waals surface area contributed by atoms with Crippen molar-refractivity contribution < 1.29 is 9.21 Å². The van der Waals surface area contributed by atoms with Gasteiger partial charge in [-0.1, -0.05) is 23.7 Å². The van der Waals surface area contributed by atoms with Crippen molar-refractivity contribution >= 4 is 17.5 Å². The maximum Gasteiger partial charge on any atom is 0.301 e. The van der Waals surface area contributed by atoms with Crippen molar-refractivity contribution in [2.24, 2.45) is 5.84 Å². The summed E-state index contributed by atoms with van der Waals surface area (Å²) in [6.45, 7) is 1.29. The first-order chi connectivity index (χ1) is 9.60. The molecule has 3 N–H and O–H groups in total. The van der Waals surface area contributed by atoms with Gasteiger partial charge < -0.3 is 4.42 Å². The highest BCUT2D eigenvalue weighted by Gasteiger charge is 2.15. The third-order valence-electron chi connectivity index (χ3n) is 2.87. The second kappa shape index (κ2) is 6.56. The lowest BCUT2D eigenvalue weighted by Gasteiger charge is -2.16. The summed E-state index contributed by atoms with van der Waals surface area (Å²) >= 11 is 5.96. The van der Waals surface area contributed by atoms with Crippen LogP contribution in [-0.4, -0.2) is 17.9 Å². The van der Waals surface area contributed by atoms with Crippen molar-refractivity contribution in [3.63, 3.8) is 0 Å². The van der Waals surface area contributed by atoms with E-state index in [1.54, 1.807) is 6.07 Å². The Morgan fingerprint density at radius 1 is 1.40 bits per heavy atom. The summed E-state index contributed by atoms with van der Waals surface area (Å²) in [4.78, 5) is 13.6. The number of rotatable bonds is 5. The molecule has 1 heterocycles. The van der Waals surface area contributed by atoms with Gasteiger partial charge in [0, 0.05) is 23.7 Å². The van der Waals surface area contributed by atoms with E-state index < -0.39 is 5.91 Å². The summed E-state index contributed by atoms with van der Waals surface area (Å²) in [5.41, 5.74) is 3.96. The van der Waals surface area contributed by atoms with E-state index in [0.29, 0.717) is 11.6 Å². The number of nitrogens with two attached hydrogens (primary N) is 1. The number of carbonyl (C=O) groups is 1. The van der Waals surface area contributed by atoms with Gasteiger partial charge in [-0.05, 0) is 30.8 Å². The van der Waals surface area contributed by atoms with Gasteiger partial charge in [-0.2, -0.15) is 0 Å². The number of halogens is 1. The topological polar surface area (TPSA) is 71.5 Å². The molecule has 0 unspecified atom stereocenters. The molecular weight excluding hydrogens is 278 g/mol. The quantitative estimate of drug-likeness (QED) is 0.503. The molecule has 0 saturated carbocycles. The Labute approximate surface area is 122 Å². The Morgan fingerprint density at radius 3 is 2.90 bits per heavy atom. The van der Waals surface area contributed by atoms with Gasteiger partial charge in [0.25, 0.3) is 0 Å².